The van der Waals surface area contributed by atoms with E-state index in [1.807, 2.05) is 0 Å². The van der Waals surface area contributed by atoms with E-state index in [0.717, 1.165) is 51.4 Å². The summed E-state index contributed by atoms with van der Waals surface area (Å²) >= 11 is 0. The molecule has 4 N–H and O–H groups in total. The van der Waals surface area contributed by atoms with E-state index in [1.165, 1.54) is 128 Å². The fraction of sp³-hybridized carbons (Fsp3) is 0.822. The fourth-order valence-electron chi connectivity index (χ4n) is 6.44. The molecule has 2 unspecified atom stereocenters. The Morgan fingerprint density at radius 2 is 1.00 bits per heavy atom. The molecule has 0 fully saturated rings. The number of carbonyl (C=O) groups is 4. The summed E-state index contributed by atoms with van der Waals surface area (Å²) in [6, 6.07) is -1.39. The maximum Gasteiger partial charge on any atom is 0.328 e. The second-order valence-electron chi connectivity index (χ2n) is 15.1. The number of nitrogens with one attached hydrogen (secondary N) is 2. The molecule has 0 aromatic rings. The summed E-state index contributed by atoms with van der Waals surface area (Å²) in [6.45, 7) is 3.42. The Hall–Kier alpha value is -2.68. The zero-order valence-corrected chi connectivity index (χ0v) is 34.7. The smallest absolute Gasteiger partial charge is 0.328 e. The number of amides is 2. The van der Waals surface area contributed by atoms with Crippen molar-refractivity contribution >= 4 is 23.8 Å². The minimum Gasteiger partial charge on any atom is -0.480 e. The fourth-order valence-corrected chi connectivity index (χ4v) is 6.44. The van der Waals surface area contributed by atoms with Crippen molar-refractivity contribution in [3.8, 4) is 0 Å². The van der Waals surface area contributed by atoms with Gasteiger partial charge in [-0.1, -0.05) is 154 Å². The van der Waals surface area contributed by atoms with Crippen LogP contribution in [0, 0.1) is 0 Å². The molecule has 0 aromatic heterocycles. The highest BCUT2D eigenvalue weighted by molar-refractivity contribution is 5.87. The second kappa shape index (κ2) is 40.0. The predicted molar refractivity (Wildman–Crippen MR) is 222 cm³/mol. The van der Waals surface area contributed by atoms with E-state index in [9.17, 15) is 19.2 Å². The van der Waals surface area contributed by atoms with Gasteiger partial charge < -0.3 is 25.6 Å². The summed E-state index contributed by atoms with van der Waals surface area (Å²) in [5.74, 6) is -2.40. The Morgan fingerprint density at radius 1 is 0.556 bits per heavy atom. The Kier molecular flexibility index (Phi) is 38.0. The third-order valence-corrected chi connectivity index (χ3v) is 9.91. The van der Waals surface area contributed by atoms with Crippen LogP contribution >= 0.6 is 0 Å². The van der Waals surface area contributed by atoms with Crippen LogP contribution in [0.1, 0.15) is 213 Å². The zero-order valence-electron chi connectivity index (χ0n) is 34.7. The summed E-state index contributed by atoms with van der Waals surface area (Å²) in [7, 11) is 0. The van der Waals surface area contributed by atoms with E-state index in [-0.39, 0.29) is 30.9 Å². The summed E-state index contributed by atoms with van der Waals surface area (Å²) in [5, 5.41) is 22.5. The molecule has 2 amide bonds. The maximum atomic E-state index is 12.7. The van der Waals surface area contributed by atoms with E-state index in [1.54, 1.807) is 0 Å². The molecule has 0 saturated carbocycles. The van der Waals surface area contributed by atoms with Crippen molar-refractivity contribution in [3.05, 3.63) is 24.3 Å². The number of aliphatic hydroxyl groups is 1. The normalized spacial score (nSPS) is 12.6. The van der Waals surface area contributed by atoms with Crippen LogP contribution in [0.5, 0.6) is 0 Å². The van der Waals surface area contributed by atoms with E-state index in [2.05, 4.69) is 48.8 Å². The number of aliphatic carboxylic acids is 1. The Balaban J connectivity index is 4.05. The Morgan fingerprint density at radius 3 is 1.52 bits per heavy atom. The van der Waals surface area contributed by atoms with Gasteiger partial charge in [0.05, 0.1) is 13.2 Å². The van der Waals surface area contributed by atoms with Crippen molar-refractivity contribution in [2.75, 3.05) is 13.2 Å². The molecule has 9 nitrogen and oxygen atoms in total. The molecule has 2 atom stereocenters. The lowest BCUT2D eigenvalue weighted by Crippen LogP contribution is -2.47. The highest BCUT2D eigenvalue weighted by Gasteiger charge is 2.18. The molecule has 0 aliphatic heterocycles. The van der Waals surface area contributed by atoms with Crippen LogP contribution in [0.25, 0.3) is 0 Å². The van der Waals surface area contributed by atoms with Gasteiger partial charge in [-0.2, -0.15) is 0 Å². The van der Waals surface area contributed by atoms with Crippen molar-refractivity contribution in [2.45, 2.75) is 225 Å². The molecule has 0 spiro atoms. The van der Waals surface area contributed by atoms with Crippen LogP contribution in [-0.2, 0) is 23.9 Å². The van der Waals surface area contributed by atoms with Gasteiger partial charge in [0.1, 0.15) is 12.1 Å². The lowest BCUT2D eigenvalue weighted by molar-refractivity contribution is -0.147. The van der Waals surface area contributed by atoms with Gasteiger partial charge in [0.25, 0.3) is 0 Å². The van der Waals surface area contributed by atoms with Crippen LogP contribution in [0.2, 0.25) is 0 Å². The van der Waals surface area contributed by atoms with Crippen molar-refractivity contribution in [1.29, 1.82) is 0 Å². The van der Waals surface area contributed by atoms with E-state index in [4.69, 9.17) is 14.9 Å². The number of unbranched alkanes of at least 4 members (excludes halogenated alkanes) is 24. The van der Waals surface area contributed by atoms with Gasteiger partial charge in [-0.3, -0.25) is 14.4 Å². The molecule has 0 bridgehead atoms. The topological polar surface area (TPSA) is 142 Å². The molecule has 0 heterocycles. The molecular weight excluding hydrogens is 681 g/mol. The number of aliphatic hydroxyl groups excluding tert-OH is 1. The van der Waals surface area contributed by atoms with Crippen LogP contribution in [0.3, 0.4) is 0 Å². The Bertz CT molecular complexity index is 968. The molecule has 0 radical (unpaired) electrons. The van der Waals surface area contributed by atoms with E-state index < -0.39 is 24.5 Å². The minimum atomic E-state index is -1.39. The maximum absolute atomic E-state index is 12.7. The SMILES string of the molecule is CCCCCC/C=C\C(CCCCCCC(=O)NCC(=O)NC(CO)C(=O)O)OC(=O)CCCCCCCCCCC/C=C\CCCCCCCCCC. The third kappa shape index (κ3) is 36.3. The molecule has 0 aliphatic carbocycles. The molecule has 0 rings (SSSR count). The van der Waals surface area contributed by atoms with Crippen molar-refractivity contribution in [2.24, 2.45) is 0 Å². The van der Waals surface area contributed by atoms with Crippen LogP contribution in [0.15, 0.2) is 24.3 Å². The van der Waals surface area contributed by atoms with Gasteiger partial charge in [0.15, 0.2) is 0 Å². The van der Waals surface area contributed by atoms with Crippen LogP contribution in [-0.4, -0.2) is 59.3 Å². The number of rotatable bonds is 40. The number of carbonyl (C=O) groups excluding carboxylic acids is 3. The number of esters is 1. The number of ether oxygens (including phenoxy) is 1. The third-order valence-electron chi connectivity index (χ3n) is 9.91. The van der Waals surface area contributed by atoms with Gasteiger partial charge in [-0.05, 0) is 70.3 Å². The number of carboxylic acids is 1. The first-order chi connectivity index (χ1) is 26.3. The molecule has 0 aliphatic rings. The molecule has 54 heavy (non-hydrogen) atoms. The lowest BCUT2D eigenvalue weighted by atomic mass is 10.0. The average Bonchev–Trinajstić information content (AvgIpc) is 3.15. The molecule has 9 heteroatoms. The first kappa shape index (κ1) is 51.3. The number of carboxylic acid groups (broad SMARTS) is 1. The first-order valence-electron chi connectivity index (χ1n) is 22.2. The van der Waals surface area contributed by atoms with E-state index in [0.29, 0.717) is 12.8 Å². The largest absolute Gasteiger partial charge is 0.480 e. The standard InChI is InChI=1S/C45H82N2O7/c1-3-5-7-9-11-12-13-14-15-16-17-18-19-20-21-22-23-24-25-27-33-37-44(51)54-40(34-30-26-10-8-6-4-2)35-31-28-29-32-36-42(49)46-38-43(50)47-41(39-48)45(52)53/h16-17,30,34,40-41,48H,3-15,18-29,31-33,35-39H2,1-2H3,(H,46,49)(H,47,50)(H,52,53)/b17-16-,34-30-. The summed E-state index contributed by atoms with van der Waals surface area (Å²) in [5.41, 5.74) is 0. The Labute approximate surface area is 330 Å². The van der Waals surface area contributed by atoms with Gasteiger partial charge in [-0.25, -0.2) is 4.79 Å². The summed E-state index contributed by atoms with van der Waals surface area (Å²) in [4.78, 5) is 47.4. The van der Waals surface area contributed by atoms with Gasteiger partial charge >= 0.3 is 11.9 Å². The molecule has 0 aromatic carbocycles. The zero-order chi connectivity index (χ0) is 39.7. The lowest BCUT2D eigenvalue weighted by Gasteiger charge is -2.15. The first-order valence-corrected chi connectivity index (χ1v) is 22.2. The highest BCUT2D eigenvalue weighted by Crippen LogP contribution is 2.16. The summed E-state index contributed by atoms with van der Waals surface area (Å²) < 4.78 is 5.89. The van der Waals surface area contributed by atoms with Crippen LogP contribution in [0.4, 0.5) is 0 Å². The number of hydrogen-bond acceptors (Lipinski definition) is 6. The summed E-state index contributed by atoms with van der Waals surface area (Å²) in [6.07, 6.45) is 43.9. The second-order valence-corrected chi connectivity index (χ2v) is 15.1. The molecular formula is C45H82N2O7. The minimum absolute atomic E-state index is 0.114. The van der Waals surface area contributed by atoms with Gasteiger partial charge in [-0.15, -0.1) is 0 Å². The molecule has 0 saturated heterocycles. The number of hydrogen-bond donors (Lipinski definition) is 4. The highest BCUT2D eigenvalue weighted by atomic mass is 16.5. The quantitative estimate of drug-likeness (QED) is 0.0276. The van der Waals surface area contributed by atoms with Crippen molar-refractivity contribution in [1.82, 2.24) is 10.6 Å². The monoisotopic (exact) mass is 763 g/mol. The molecule has 314 valence electrons. The van der Waals surface area contributed by atoms with Gasteiger partial charge in [0.2, 0.25) is 11.8 Å². The van der Waals surface area contributed by atoms with E-state index >= 15 is 0 Å². The average molecular weight is 763 g/mol. The predicted octanol–water partition coefficient (Wildman–Crippen LogP) is 10.8. The number of allylic oxidation sites excluding steroid dienone is 3. The van der Waals surface area contributed by atoms with Gasteiger partial charge in [0, 0.05) is 12.8 Å². The van der Waals surface area contributed by atoms with Crippen molar-refractivity contribution in [3.63, 3.8) is 0 Å². The van der Waals surface area contributed by atoms with Crippen molar-refractivity contribution < 1.29 is 34.1 Å². The van der Waals surface area contributed by atoms with Crippen LogP contribution < -0.4 is 10.6 Å².